The fourth-order valence-corrected chi connectivity index (χ4v) is 0.849. The summed E-state index contributed by atoms with van der Waals surface area (Å²) in [5.74, 6) is -1.38. The normalized spacial score (nSPS) is 13.2. The van der Waals surface area contributed by atoms with Crippen LogP contribution in [-0.2, 0) is 11.0 Å². The topological polar surface area (TPSA) is 59.4 Å². The number of hydrogen-bond donors (Lipinski definition) is 1. The van der Waals surface area contributed by atoms with Crippen LogP contribution in [0.25, 0.3) is 0 Å². The predicted octanol–water partition coefficient (Wildman–Crippen LogP) is 1.95. The van der Waals surface area contributed by atoms with E-state index in [0.717, 1.165) is 12.1 Å². The molecule has 1 atom stereocenters. The van der Waals surface area contributed by atoms with Crippen LogP contribution in [0.4, 0.5) is 13.2 Å². The van der Waals surface area contributed by atoms with Gasteiger partial charge in [-0.25, -0.2) is 9.78 Å². The number of carboxylic acids is 1. The lowest BCUT2D eigenvalue weighted by Gasteiger charge is -2.10. The van der Waals surface area contributed by atoms with Gasteiger partial charge in [-0.1, -0.05) is 0 Å². The molecule has 1 aromatic rings. The number of pyridine rings is 1. The molecule has 88 valence electrons. The van der Waals surface area contributed by atoms with Crippen molar-refractivity contribution < 1.29 is 27.8 Å². The molecule has 1 unspecified atom stereocenters. The van der Waals surface area contributed by atoms with Crippen molar-refractivity contribution >= 4 is 5.97 Å². The molecule has 0 saturated carbocycles. The highest BCUT2D eigenvalue weighted by atomic mass is 19.4. The van der Waals surface area contributed by atoms with Crippen molar-refractivity contribution in [3.63, 3.8) is 0 Å². The van der Waals surface area contributed by atoms with Gasteiger partial charge in [-0.05, 0) is 13.0 Å². The minimum Gasteiger partial charge on any atom is -0.479 e. The zero-order valence-corrected chi connectivity index (χ0v) is 8.15. The summed E-state index contributed by atoms with van der Waals surface area (Å²) in [5, 5.41) is 8.49. The number of rotatable bonds is 3. The van der Waals surface area contributed by atoms with Crippen LogP contribution in [0.1, 0.15) is 12.5 Å². The number of aliphatic carboxylic acids is 1. The van der Waals surface area contributed by atoms with Gasteiger partial charge in [0, 0.05) is 12.3 Å². The summed E-state index contributed by atoms with van der Waals surface area (Å²) < 4.78 is 41.2. The maximum atomic E-state index is 12.1. The third-order valence-electron chi connectivity index (χ3n) is 1.71. The van der Waals surface area contributed by atoms with E-state index in [-0.39, 0.29) is 5.88 Å². The molecule has 0 radical (unpaired) electrons. The number of aromatic nitrogens is 1. The Morgan fingerprint density at radius 3 is 2.50 bits per heavy atom. The monoisotopic (exact) mass is 235 g/mol. The summed E-state index contributed by atoms with van der Waals surface area (Å²) >= 11 is 0. The molecule has 0 aliphatic rings. The molecule has 1 heterocycles. The lowest BCUT2D eigenvalue weighted by Crippen LogP contribution is -2.23. The molecule has 16 heavy (non-hydrogen) atoms. The Kier molecular flexibility index (Phi) is 3.36. The van der Waals surface area contributed by atoms with Gasteiger partial charge in [0.1, 0.15) is 0 Å². The van der Waals surface area contributed by atoms with Gasteiger partial charge in [-0.2, -0.15) is 13.2 Å². The van der Waals surface area contributed by atoms with Gasteiger partial charge >= 0.3 is 12.1 Å². The fraction of sp³-hybridized carbons (Fsp3) is 0.333. The van der Waals surface area contributed by atoms with E-state index in [1.165, 1.54) is 6.92 Å². The summed E-state index contributed by atoms with van der Waals surface area (Å²) in [5.41, 5.74) is -0.914. The van der Waals surface area contributed by atoms with Crippen LogP contribution in [0.3, 0.4) is 0 Å². The molecule has 0 fully saturated rings. The Hall–Kier alpha value is -1.79. The minimum absolute atomic E-state index is 0.164. The average molecular weight is 235 g/mol. The van der Waals surface area contributed by atoms with E-state index in [4.69, 9.17) is 9.84 Å². The second kappa shape index (κ2) is 4.38. The molecule has 0 saturated heterocycles. The van der Waals surface area contributed by atoms with Crippen LogP contribution in [0, 0.1) is 0 Å². The van der Waals surface area contributed by atoms with E-state index < -0.39 is 23.8 Å². The van der Waals surface area contributed by atoms with Crippen LogP contribution in [0.2, 0.25) is 0 Å². The molecular formula is C9H8F3NO3. The molecule has 1 N–H and O–H groups in total. The molecule has 0 bridgehead atoms. The van der Waals surface area contributed by atoms with Crippen molar-refractivity contribution in [2.45, 2.75) is 19.2 Å². The quantitative estimate of drug-likeness (QED) is 0.869. The molecular weight excluding hydrogens is 227 g/mol. The first-order valence-electron chi connectivity index (χ1n) is 4.23. The van der Waals surface area contributed by atoms with Gasteiger partial charge in [0.2, 0.25) is 5.88 Å². The first-order valence-corrected chi connectivity index (χ1v) is 4.23. The van der Waals surface area contributed by atoms with E-state index in [0.29, 0.717) is 6.20 Å². The largest absolute Gasteiger partial charge is 0.479 e. The number of alkyl halides is 3. The SMILES string of the molecule is CC(Oc1ccc(C(F)(F)F)cn1)C(=O)O. The standard InChI is InChI=1S/C9H8F3NO3/c1-5(8(14)15)16-7-3-2-6(4-13-7)9(10,11)12/h2-5H,1H3,(H,14,15). The van der Waals surface area contributed by atoms with E-state index in [2.05, 4.69) is 4.98 Å². The Morgan fingerprint density at radius 2 is 2.12 bits per heavy atom. The van der Waals surface area contributed by atoms with E-state index >= 15 is 0 Å². The fourth-order valence-electron chi connectivity index (χ4n) is 0.849. The summed E-state index contributed by atoms with van der Waals surface area (Å²) in [6.45, 7) is 1.25. The molecule has 1 aromatic heterocycles. The Morgan fingerprint density at radius 1 is 1.50 bits per heavy atom. The smallest absolute Gasteiger partial charge is 0.417 e. The second-order valence-corrected chi connectivity index (χ2v) is 2.98. The third kappa shape index (κ3) is 3.11. The van der Waals surface area contributed by atoms with Gasteiger partial charge in [0.25, 0.3) is 0 Å². The van der Waals surface area contributed by atoms with Gasteiger partial charge in [0.05, 0.1) is 5.56 Å². The maximum Gasteiger partial charge on any atom is 0.417 e. The van der Waals surface area contributed by atoms with Crippen molar-refractivity contribution in [2.75, 3.05) is 0 Å². The highest BCUT2D eigenvalue weighted by molar-refractivity contribution is 5.72. The van der Waals surface area contributed by atoms with E-state index in [1.807, 2.05) is 0 Å². The highest BCUT2D eigenvalue weighted by Crippen LogP contribution is 2.29. The van der Waals surface area contributed by atoms with E-state index in [9.17, 15) is 18.0 Å². The molecule has 0 spiro atoms. The molecule has 0 aromatic carbocycles. The van der Waals surface area contributed by atoms with Gasteiger partial charge < -0.3 is 9.84 Å². The molecule has 0 aliphatic heterocycles. The van der Waals surface area contributed by atoms with Crippen LogP contribution in [-0.4, -0.2) is 22.2 Å². The molecule has 0 aliphatic carbocycles. The summed E-state index contributed by atoms with van der Waals surface area (Å²) in [4.78, 5) is 13.8. The number of carboxylic acid groups (broad SMARTS) is 1. The third-order valence-corrected chi connectivity index (χ3v) is 1.71. The first-order chi connectivity index (χ1) is 7.30. The van der Waals surface area contributed by atoms with Crippen LogP contribution < -0.4 is 4.74 Å². The van der Waals surface area contributed by atoms with E-state index in [1.54, 1.807) is 0 Å². The number of ether oxygens (including phenoxy) is 1. The van der Waals surface area contributed by atoms with Gasteiger partial charge in [0.15, 0.2) is 6.10 Å². The van der Waals surface area contributed by atoms with Crippen molar-refractivity contribution in [1.29, 1.82) is 0 Å². The first kappa shape index (κ1) is 12.3. The van der Waals surface area contributed by atoms with Crippen LogP contribution >= 0.6 is 0 Å². The highest BCUT2D eigenvalue weighted by Gasteiger charge is 2.30. The van der Waals surface area contributed by atoms with Crippen molar-refractivity contribution in [3.8, 4) is 5.88 Å². The Labute approximate surface area is 88.7 Å². The summed E-state index contributed by atoms with van der Waals surface area (Å²) in [6.07, 6.45) is -5.04. The summed E-state index contributed by atoms with van der Waals surface area (Å²) in [7, 11) is 0. The minimum atomic E-state index is -4.47. The lowest BCUT2D eigenvalue weighted by molar-refractivity contribution is -0.144. The predicted molar refractivity (Wildman–Crippen MR) is 47.0 cm³/mol. The molecule has 7 heteroatoms. The average Bonchev–Trinajstić information content (AvgIpc) is 2.17. The Balaban J connectivity index is 2.76. The summed E-state index contributed by atoms with van der Waals surface area (Å²) in [6, 6.07) is 1.75. The number of nitrogens with zero attached hydrogens (tertiary/aromatic N) is 1. The lowest BCUT2D eigenvalue weighted by atomic mass is 10.3. The van der Waals surface area contributed by atoms with Crippen LogP contribution in [0.5, 0.6) is 5.88 Å². The molecule has 4 nitrogen and oxygen atoms in total. The maximum absolute atomic E-state index is 12.1. The van der Waals surface area contributed by atoms with Crippen molar-refractivity contribution in [1.82, 2.24) is 4.98 Å². The molecule has 1 rings (SSSR count). The van der Waals surface area contributed by atoms with Gasteiger partial charge in [-0.15, -0.1) is 0 Å². The zero-order valence-electron chi connectivity index (χ0n) is 8.15. The zero-order chi connectivity index (χ0) is 12.3. The van der Waals surface area contributed by atoms with Crippen LogP contribution in [0.15, 0.2) is 18.3 Å². The number of hydrogen-bond acceptors (Lipinski definition) is 3. The number of halogens is 3. The Bertz CT molecular complexity index is 375. The second-order valence-electron chi connectivity index (χ2n) is 2.98. The van der Waals surface area contributed by atoms with Crippen molar-refractivity contribution in [2.24, 2.45) is 0 Å². The van der Waals surface area contributed by atoms with Gasteiger partial charge in [-0.3, -0.25) is 0 Å². The van der Waals surface area contributed by atoms with Crippen molar-refractivity contribution in [3.05, 3.63) is 23.9 Å². The number of carbonyl (C=O) groups is 1. The molecule has 0 amide bonds.